The summed E-state index contributed by atoms with van der Waals surface area (Å²) in [6, 6.07) is 3.34. The quantitative estimate of drug-likeness (QED) is 0.684. The van der Waals surface area contributed by atoms with Gasteiger partial charge in [-0.05, 0) is 18.2 Å². The molecule has 18 heavy (non-hydrogen) atoms. The van der Waals surface area contributed by atoms with E-state index in [4.69, 9.17) is 5.11 Å². The lowest BCUT2D eigenvalue weighted by Gasteiger charge is -2.14. The van der Waals surface area contributed by atoms with Crippen molar-refractivity contribution in [2.45, 2.75) is 6.04 Å². The minimum atomic E-state index is -1.16. The van der Waals surface area contributed by atoms with Crippen LogP contribution in [0.25, 0.3) is 0 Å². The van der Waals surface area contributed by atoms with E-state index in [0.717, 1.165) is 13.2 Å². The van der Waals surface area contributed by atoms with Crippen molar-refractivity contribution < 1.29 is 23.8 Å². The number of urea groups is 1. The van der Waals surface area contributed by atoms with E-state index in [9.17, 15) is 14.0 Å². The van der Waals surface area contributed by atoms with Gasteiger partial charge in [0.05, 0.1) is 13.7 Å². The lowest BCUT2D eigenvalue weighted by atomic mass is 10.3. The fraction of sp³-hybridized carbons (Fsp3) is 0.273. The Bertz CT molecular complexity index is 439. The highest BCUT2D eigenvalue weighted by molar-refractivity contribution is 5.92. The van der Waals surface area contributed by atoms with Gasteiger partial charge >= 0.3 is 12.0 Å². The molecule has 0 aliphatic rings. The molecule has 0 fully saturated rings. The Kier molecular flexibility index (Phi) is 5.06. The third-order valence-electron chi connectivity index (χ3n) is 2.06. The number of aliphatic hydroxyl groups is 1. The maximum absolute atomic E-state index is 12.8. The van der Waals surface area contributed by atoms with Crippen molar-refractivity contribution in [3.05, 3.63) is 30.1 Å². The Morgan fingerprint density at radius 2 is 2.22 bits per heavy atom. The van der Waals surface area contributed by atoms with E-state index < -0.39 is 30.5 Å². The average Bonchev–Trinajstić information content (AvgIpc) is 2.35. The van der Waals surface area contributed by atoms with Crippen molar-refractivity contribution in [3.8, 4) is 0 Å². The average molecular weight is 256 g/mol. The molecule has 0 aromatic heterocycles. The first-order valence-electron chi connectivity index (χ1n) is 5.08. The Hall–Kier alpha value is -2.15. The normalized spacial score (nSPS) is 11.5. The number of nitrogens with one attached hydrogen (secondary N) is 2. The molecule has 0 saturated carbocycles. The van der Waals surface area contributed by atoms with Gasteiger partial charge in [0.25, 0.3) is 0 Å². The summed E-state index contributed by atoms with van der Waals surface area (Å²) in [5, 5.41) is 13.4. The van der Waals surface area contributed by atoms with E-state index in [0.29, 0.717) is 0 Å². The Labute approximate surface area is 103 Å². The fourth-order valence-corrected chi connectivity index (χ4v) is 1.21. The second-order valence-electron chi connectivity index (χ2n) is 3.37. The molecular formula is C11H13FN2O4. The van der Waals surface area contributed by atoms with Crippen molar-refractivity contribution in [2.24, 2.45) is 0 Å². The zero-order chi connectivity index (χ0) is 13.5. The van der Waals surface area contributed by atoms with Crippen molar-refractivity contribution >= 4 is 17.7 Å². The fourth-order valence-electron chi connectivity index (χ4n) is 1.21. The first-order valence-corrected chi connectivity index (χ1v) is 5.08. The van der Waals surface area contributed by atoms with Crippen LogP contribution in [0.3, 0.4) is 0 Å². The Morgan fingerprint density at radius 1 is 1.50 bits per heavy atom. The van der Waals surface area contributed by atoms with Crippen LogP contribution < -0.4 is 10.6 Å². The predicted molar refractivity (Wildman–Crippen MR) is 61.4 cm³/mol. The first kappa shape index (κ1) is 13.9. The molecular weight excluding hydrogens is 243 g/mol. The lowest BCUT2D eigenvalue weighted by Crippen LogP contribution is -2.45. The van der Waals surface area contributed by atoms with Gasteiger partial charge in [-0.1, -0.05) is 6.07 Å². The molecule has 1 aromatic carbocycles. The summed E-state index contributed by atoms with van der Waals surface area (Å²) >= 11 is 0. The molecule has 0 radical (unpaired) electrons. The number of ether oxygens (including phenoxy) is 1. The van der Waals surface area contributed by atoms with E-state index >= 15 is 0 Å². The topological polar surface area (TPSA) is 87.7 Å². The van der Waals surface area contributed by atoms with Crippen LogP contribution in [0, 0.1) is 5.82 Å². The zero-order valence-corrected chi connectivity index (χ0v) is 9.64. The highest BCUT2D eigenvalue weighted by Gasteiger charge is 2.20. The van der Waals surface area contributed by atoms with Crippen LogP contribution >= 0.6 is 0 Å². The Balaban J connectivity index is 2.58. The van der Waals surface area contributed by atoms with Crippen molar-refractivity contribution in [2.75, 3.05) is 19.0 Å². The number of rotatable bonds is 4. The summed E-state index contributed by atoms with van der Waals surface area (Å²) in [4.78, 5) is 22.6. The standard InChI is InChI=1S/C11H13FN2O4/c1-18-10(16)9(6-15)14-11(17)13-8-4-2-3-7(12)5-8/h2-5,9,15H,6H2,1H3,(H2,13,14,17). The van der Waals surface area contributed by atoms with Crippen LogP contribution in [0.1, 0.15) is 0 Å². The molecule has 0 heterocycles. The number of halogens is 1. The second kappa shape index (κ2) is 6.55. The van der Waals surface area contributed by atoms with Crippen molar-refractivity contribution in [3.63, 3.8) is 0 Å². The Morgan fingerprint density at radius 3 is 2.78 bits per heavy atom. The van der Waals surface area contributed by atoms with E-state index in [1.165, 1.54) is 18.2 Å². The molecule has 2 amide bonds. The minimum Gasteiger partial charge on any atom is -0.467 e. The van der Waals surface area contributed by atoms with E-state index in [2.05, 4.69) is 15.4 Å². The number of benzene rings is 1. The van der Waals surface area contributed by atoms with Crippen LogP contribution in [0.5, 0.6) is 0 Å². The highest BCUT2D eigenvalue weighted by atomic mass is 19.1. The van der Waals surface area contributed by atoms with Gasteiger partial charge in [0.1, 0.15) is 5.82 Å². The number of methoxy groups -OCH3 is 1. The van der Waals surface area contributed by atoms with Crippen LogP contribution in [-0.4, -0.2) is 36.9 Å². The molecule has 1 atom stereocenters. The number of hydrogen-bond donors (Lipinski definition) is 3. The van der Waals surface area contributed by atoms with Gasteiger partial charge in [-0.3, -0.25) is 0 Å². The van der Waals surface area contributed by atoms with Crippen molar-refractivity contribution in [1.82, 2.24) is 5.32 Å². The molecule has 0 aliphatic carbocycles. The molecule has 3 N–H and O–H groups in total. The SMILES string of the molecule is COC(=O)C(CO)NC(=O)Nc1cccc(F)c1. The number of anilines is 1. The predicted octanol–water partition coefficient (Wildman–Crippen LogP) is 0.481. The van der Waals surface area contributed by atoms with Gasteiger partial charge in [-0.25, -0.2) is 14.0 Å². The second-order valence-corrected chi connectivity index (χ2v) is 3.37. The third-order valence-corrected chi connectivity index (χ3v) is 2.06. The minimum absolute atomic E-state index is 0.231. The summed E-state index contributed by atoms with van der Waals surface area (Å²) in [6.07, 6.45) is 0. The molecule has 1 unspecified atom stereocenters. The number of amides is 2. The number of hydrogen-bond acceptors (Lipinski definition) is 4. The smallest absolute Gasteiger partial charge is 0.330 e. The van der Waals surface area contributed by atoms with E-state index in [1.807, 2.05) is 0 Å². The van der Waals surface area contributed by atoms with Gasteiger partial charge in [-0.15, -0.1) is 0 Å². The van der Waals surface area contributed by atoms with Crippen LogP contribution in [-0.2, 0) is 9.53 Å². The van der Waals surface area contributed by atoms with E-state index in [1.54, 1.807) is 0 Å². The zero-order valence-electron chi connectivity index (χ0n) is 9.64. The number of aliphatic hydroxyl groups excluding tert-OH is 1. The van der Waals surface area contributed by atoms with Crippen LogP contribution in [0.4, 0.5) is 14.9 Å². The lowest BCUT2D eigenvalue weighted by molar-refractivity contribution is -0.143. The van der Waals surface area contributed by atoms with Gasteiger partial charge in [0, 0.05) is 5.69 Å². The number of esters is 1. The van der Waals surface area contributed by atoms with Gasteiger partial charge in [-0.2, -0.15) is 0 Å². The summed E-state index contributed by atoms with van der Waals surface area (Å²) in [6.45, 7) is -0.594. The summed E-state index contributed by atoms with van der Waals surface area (Å²) in [7, 11) is 1.14. The van der Waals surface area contributed by atoms with Gasteiger partial charge in [0.2, 0.25) is 0 Å². The third kappa shape index (κ3) is 4.02. The van der Waals surface area contributed by atoms with Crippen molar-refractivity contribution in [1.29, 1.82) is 0 Å². The molecule has 0 saturated heterocycles. The number of carbonyl (C=O) groups is 2. The maximum atomic E-state index is 12.8. The number of carbonyl (C=O) groups excluding carboxylic acids is 2. The first-order chi connectivity index (χ1) is 8.56. The molecule has 0 bridgehead atoms. The monoisotopic (exact) mass is 256 g/mol. The maximum Gasteiger partial charge on any atom is 0.330 e. The molecule has 0 aliphatic heterocycles. The largest absolute Gasteiger partial charge is 0.467 e. The van der Waals surface area contributed by atoms with Crippen LogP contribution in [0.15, 0.2) is 24.3 Å². The van der Waals surface area contributed by atoms with Gasteiger partial charge in [0.15, 0.2) is 6.04 Å². The highest BCUT2D eigenvalue weighted by Crippen LogP contribution is 2.08. The molecule has 7 heteroatoms. The molecule has 98 valence electrons. The summed E-state index contributed by atoms with van der Waals surface area (Å²) in [5.74, 6) is -1.27. The summed E-state index contributed by atoms with van der Waals surface area (Å²) in [5.41, 5.74) is 0.231. The molecule has 6 nitrogen and oxygen atoms in total. The molecule has 1 aromatic rings. The van der Waals surface area contributed by atoms with E-state index in [-0.39, 0.29) is 5.69 Å². The molecule has 1 rings (SSSR count). The van der Waals surface area contributed by atoms with Crippen LogP contribution in [0.2, 0.25) is 0 Å². The molecule has 0 spiro atoms. The van der Waals surface area contributed by atoms with Gasteiger partial charge < -0.3 is 20.5 Å². The summed E-state index contributed by atoms with van der Waals surface area (Å²) < 4.78 is 17.2.